The number of methoxy groups -OCH3 is 1. The maximum absolute atomic E-state index is 12.3. The van der Waals surface area contributed by atoms with Crippen molar-refractivity contribution in [1.29, 1.82) is 0 Å². The molecule has 0 saturated heterocycles. The predicted octanol–water partition coefficient (Wildman–Crippen LogP) is 4.48. The minimum absolute atomic E-state index is 0.234. The molecule has 0 aliphatic carbocycles. The fraction of sp³-hybridized carbons (Fsp3) is 0.0952. The zero-order chi connectivity index (χ0) is 19.2. The number of benzene rings is 3. The predicted molar refractivity (Wildman–Crippen MR) is 106 cm³/mol. The third-order valence-electron chi connectivity index (χ3n) is 3.86. The second-order valence-corrected chi connectivity index (χ2v) is 7.09. The molecule has 0 fully saturated rings. The van der Waals surface area contributed by atoms with E-state index in [9.17, 15) is 9.00 Å². The minimum atomic E-state index is -1.07. The molecule has 1 unspecified atom stereocenters. The van der Waals surface area contributed by atoms with Gasteiger partial charge in [-0.2, -0.15) is 0 Å². The Bertz CT molecular complexity index is 953. The standard InChI is InChI=1S/C21H19NO4S/c1-25-19-5-3-4-6-20(19)26-17-11-9-16(10-12-17)22-21(23)15-7-13-18(14-8-15)27(2)24/h3-14H,1-2H3,(H,22,23). The average molecular weight is 381 g/mol. The number of hydrogen-bond donors (Lipinski definition) is 1. The second-order valence-electron chi connectivity index (χ2n) is 5.71. The number of rotatable bonds is 6. The van der Waals surface area contributed by atoms with Gasteiger partial charge < -0.3 is 14.8 Å². The Kier molecular flexibility index (Phi) is 5.88. The van der Waals surface area contributed by atoms with E-state index in [1.807, 2.05) is 24.3 Å². The van der Waals surface area contributed by atoms with E-state index in [1.165, 1.54) is 0 Å². The molecule has 1 atom stereocenters. The number of ether oxygens (including phenoxy) is 2. The highest BCUT2D eigenvalue weighted by Crippen LogP contribution is 2.31. The highest BCUT2D eigenvalue weighted by Gasteiger charge is 2.08. The van der Waals surface area contributed by atoms with E-state index < -0.39 is 10.8 Å². The molecule has 6 heteroatoms. The van der Waals surface area contributed by atoms with Gasteiger partial charge in [0.25, 0.3) is 5.91 Å². The SMILES string of the molecule is COc1ccccc1Oc1ccc(NC(=O)c2ccc(S(C)=O)cc2)cc1. The first-order valence-corrected chi connectivity index (χ1v) is 9.78. The molecule has 0 aromatic heterocycles. The van der Waals surface area contributed by atoms with Gasteiger partial charge >= 0.3 is 0 Å². The molecule has 0 bridgehead atoms. The lowest BCUT2D eigenvalue weighted by Gasteiger charge is -2.11. The van der Waals surface area contributed by atoms with Crippen LogP contribution in [0.3, 0.4) is 0 Å². The van der Waals surface area contributed by atoms with Crippen LogP contribution in [-0.2, 0) is 10.8 Å². The van der Waals surface area contributed by atoms with Crippen molar-refractivity contribution in [2.24, 2.45) is 0 Å². The minimum Gasteiger partial charge on any atom is -0.493 e. The van der Waals surface area contributed by atoms with E-state index in [0.717, 1.165) is 0 Å². The first-order valence-electron chi connectivity index (χ1n) is 8.22. The summed E-state index contributed by atoms with van der Waals surface area (Å²) >= 11 is 0. The largest absolute Gasteiger partial charge is 0.493 e. The molecular weight excluding hydrogens is 362 g/mol. The van der Waals surface area contributed by atoms with E-state index >= 15 is 0 Å². The maximum Gasteiger partial charge on any atom is 0.255 e. The van der Waals surface area contributed by atoms with Crippen LogP contribution in [0.2, 0.25) is 0 Å². The van der Waals surface area contributed by atoms with E-state index in [-0.39, 0.29) is 5.91 Å². The number of amides is 1. The number of para-hydroxylation sites is 2. The Labute approximate surface area is 160 Å². The Morgan fingerprint density at radius 3 is 2.11 bits per heavy atom. The van der Waals surface area contributed by atoms with Crippen molar-refractivity contribution >= 4 is 22.4 Å². The van der Waals surface area contributed by atoms with E-state index in [2.05, 4.69) is 5.32 Å². The van der Waals surface area contributed by atoms with E-state index in [1.54, 1.807) is 61.9 Å². The monoisotopic (exact) mass is 381 g/mol. The van der Waals surface area contributed by atoms with Crippen LogP contribution in [0, 0.1) is 0 Å². The number of carbonyl (C=O) groups excluding carboxylic acids is 1. The molecule has 0 spiro atoms. The van der Waals surface area contributed by atoms with Crippen molar-refractivity contribution in [3.63, 3.8) is 0 Å². The summed E-state index contributed by atoms with van der Waals surface area (Å²) in [6.45, 7) is 0. The number of anilines is 1. The van der Waals surface area contributed by atoms with Gasteiger partial charge in [0.05, 0.1) is 7.11 Å². The van der Waals surface area contributed by atoms with Crippen LogP contribution in [0.5, 0.6) is 17.2 Å². The van der Waals surface area contributed by atoms with Crippen LogP contribution in [0.15, 0.2) is 77.7 Å². The summed E-state index contributed by atoms with van der Waals surface area (Å²) in [7, 11) is 0.524. The summed E-state index contributed by atoms with van der Waals surface area (Å²) < 4.78 is 22.5. The molecule has 1 amide bonds. The molecular formula is C21H19NO4S. The number of nitrogens with one attached hydrogen (secondary N) is 1. The van der Waals surface area contributed by atoms with Crippen LogP contribution in [0.25, 0.3) is 0 Å². The van der Waals surface area contributed by atoms with Crippen LogP contribution in [0.1, 0.15) is 10.4 Å². The molecule has 5 nitrogen and oxygen atoms in total. The van der Waals surface area contributed by atoms with Crippen LogP contribution in [0.4, 0.5) is 5.69 Å². The maximum atomic E-state index is 12.3. The number of carbonyl (C=O) groups is 1. The normalized spacial score (nSPS) is 11.5. The summed E-state index contributed by atoms with van der Waals surface area (Å²) in [6, 6.07) is 21.1. The van der Waals surface area contributed by atoms with Crippen molar-refractivity contribution in [3.8, 4) is 17.2 Å². The fourth-order valence-electron chi connectivity index (χ4n) is 2.44. The van der Waals surface area contributed by atoms with Crippen molar-refractivity contribution in [3.05, 3.63) is 78.4 Å². The van der Waals surface area contributed by atoms with Crippen LogP contribution >= 0.6 is 0 Å². The molecule has 0 saturated carbocycles. The Hall–Kier alpha value is -3.12. The van der Waals surface area contributed by atoms with E-state index in [0.29, 0.717) is 33.4 Å². The first-order chi connectivity index (χ1) is 13.1. The first kappa shape index (κ1) is 18.7. The Morgan fingerprint density at radius 1 is 0.889 bits per heavy atom. The molecule has 3 aromatic carbocycles. The Morgan fingerprint density at radius 2 is 1.52 bits per heavy atom. The van der Waals surface area contributed by atoms with Gasteiger partial charge in [0.1, 0.15) is 5.75 Å². The highest BCUT2D eigenvalue weighted by molar-refractivity contribution is 7.84. The summed E-state index contributed by atoms with van der Waals surface area (Å²) in [5.41, 5.74) is 1.15. The van der Waals surface area contributed by atoms with Gasteiger partial charge in [-0.3, -0.25) is 9.00 Å². The van der Waals surface area contributed by atoms with Crippen molar-refractivity contribution in [1.82, 2.24) is 0 Å². The zero-order valence-electron chi connectivity index (χ0n) is 15.0. The van der Waals surface area contributed by atoms with Gasteiger partial charge in [-0.05, 0) is 60.7 Å². The average Bonchev–Trinajstić information content (AvgIpc) is 2.70. The lowest BCUT2D eigenvalue weighted by atomic mass is 10.2. The third-order valence-corrected chi connectivity index (χ3v) is 4.79. The van der Waals surface area contributed by atoms with Gasteiger partial charge in [-0.15, -0.1) is 0 Å². The van der Waals surface area contributed by atoms with Gasteiger partial charge in [-0.1, -0.05) is 12.1 Å². The molecule has 0 radical (unpaired) electrons. The van der Waals surface area contributed by atoms with Crippen molar-refractivity contribution in [2.75, 3.05) is 18.7 Å². The van der Waals surface area contributed by atoms with Crippen LogP contribution < -0.4 is 14.8 Å². The van der Waals surface area contributed by atoms with Gasteiger partial charge in [0.15, 0.2) is 11.5 Å². The molecule has 3 aromatic rings. The quantitative estimate of drug-likeness (QED) is 0.684. The topological polar surface area (TPSA) is 64.6 Å². The Balaban J connectivity index is 1.66. The highest BCUT2D eigenvalue weighted by atomic mass is 32.2. The molecule has 0 aliphatic rings. The summed E-state index contributed by atoms with van der Waals surface area (Å²) in [4.78, 5) is 13.0. The fourth-order valence-corrected chi connectivity index (χ4v) is 2.96. The number of hydrogen-bond acceptors (Lipinski definition) is 4. The van der Waals surface area contributed by atoms with Gasteiger partial charge in [0.2, 0.25) is 0 Å². The third kappa shape index (κ3) is 4.74. The van der Waals surface area contributed by atoms with Crippen molar-refractivity contribution in [2.45, 2.75) is 4.90 Å². The zero-order valence-corrected chi connectivity index (χ0v) is 15.8. The molecule has 0 aliphatic heterocycles. The lowest BCUT2D eigenvalue weighted by molar-refractivity contribution is 0.102. The molecule has 1 N–H and O–H groups in total. The summed E-state index contributed by atoms with van der Waals surface area (Å²) in [5, 5.41) is 2.83. The van der Waals surface area contributed by atoms with Crippen LogP contribution in [-0.4, -0.2) is 23.5 Å². The molecule has 0 heterocycles. The smallest absolute Gasteiger partial charge is 0.255 e. The van der Waals surface area contributed by atoms with Gasteiger partial charge in [-0.25, -0.2) is 0 Å². The molecule has 27 heavy (non-hydrogen) atoms. The van der Waals surface area contributed by atoms with E-state index in [4.69, 9.17) is 9.47 Å². The van der Waals surface area contributed by atoms with Crippen molar-refractivity contribution < 1.29 is 18.5 Å². The lowest BCUT2D eigenvalue weighted by Crippen LogP contribution is -2.11. The molecule has 3 rings (SSSR count). The summed E-state index contributed by atoms with van der Waals surface area (Å²) in [6.07, 6.45) is 1.60. The molecule has 138 valence electrons. The van der Waals surface area contributed by atoms with Gasteiger partial charge in [0, 0.05) is 33.2 Å². The summed E-state index contributed by atoms with van der Waals surface area (Å²) in [5.74, 6) is 1.66. The second kappa shape index (κ2) is 8.51.